The van der Waals surface area contributed by atoms with Crippen LogP contribution in [0.25, 0.3) is 16.9 Å². The highest BCUT2D eigenvalue weighted by molar-refractivity contribution is 6.08. The van der Waals surface area contributed by atoms with Gasteiger partial charge in [0.1, 0.15) is 18.1 Å². The van der Waals surface area contributed by atoms with E-state index in [1.807, 2.05) is 72.8 Å². The standard InChI is InChI=1S/C32H38N4O6/c33-15-16-38-17-18-39-19-20-40-21-22-41-23-24-42-29-13-11-27(12-14-29)34-32(37)30-25-36(28-9-5-2-6-10-28)35-31(30)26-7-3-1-4-8-26/h1-14,25H,15-24,33H2,(H,34,37). The average molecular weight is 575 g/mol. The lowest BCUT2D eigenvalue weighted by molar-refractivity contribution is -0.00386. The van der Waals surface area contributed by atoms with Crippen LogP contribution in [0.3, 0.4) is 0 Å². The molecular formula is C32H38N4O6. The van der Waals surface area contributed by atoms with E-state index in [-0.39, 0.29) is 5.91 Å². The molecule has 0 aliphatic rings. The van der Waals surface area contributed by atoms with Crippen molar-refractivity contribution in [2.24, 2.45) is 5.73 Å². The van der Waals surface area contributed by atoms with Crippen molar-refractivity contribution in [3.63, 3.8) is 0 Å². The molecule has 10 heteroatoms. The van der Waals surface area contributed by atoms with Gasteiger partial charge in [0, 0.05) is 24.0 Å². The van der Waals surface area contributed by atoms with Crippen LogP contribution in [-0.2, 0) is 18.9 Å². The lowest BCUT2D eigenvalue weighted by Gasteiger charge is -2.09. The zero-order chi connectivity index (χ0) is 29.2. The fourth-order valence-electron chi connectivity index (χ4n) is 3.96. The van der Waals surface area contributed by atoms with Crippen LogP contribution in [0.5, 0.6) is 5.75 Å². The topological polar surface area (TPSA) is 119 Å². The minimum atomic E-state index is -0.247. The molecule has 1 aromatic heterocycles. The van der Waals surface area contributed by atoms with E-state index in [0.717, 1.165) is 11.3 Å². The maximum atomic E-state index is 13.3. The second-order valence-electron chi connectivity index (χ2n) is 9.10. The van der Waals surface area contributed by atoms with E-state index >= 15 is 0 Å². The number of carbonyl (C=O) groups excluding carboxylic acids is 1. The Labute approximate surface area is 246 Å². The number of hydrogen-bond donors (Lipinski definition) is 2. The summed E-state index contributed by atoms with van der Waals surface area (Å²) in [4.78, 5) is 13.3. The van der Waals surface area contributed by atoms with Gasteiger partial charge in [-0.3, -0.25) is 4.79 Å². The van der Waals surface area contributed by atoms with Gasteiger partial charge in [0.05, 0.1) is 64.1 Å². The highest BCUT2D eigenvalue weighted by atomic mass is 16.6. The van der Waals surface area contributed by atoms with E-state index < -0.39 is 0 Å². The summed E-state index contributed by atoms with van der Waals surface area (Å²) in [6.45, 7) is 4.93. The Kier molecular flexibility index (Phi) is 13.0. The number of carbonyl (C=O) groups is 1. The number of benzene rings is 3. The van der Waals surface area contributed by atoms with Crippen LogP contribution in [0.4, 0.5) is 5.69 Å². The number of para-hydroxylation sites is 1. The molecule has 10 nitrogen and oxygen atoms in total. The Balaban J connectivity index is 1.18. The summed E-state index contributed by atoms with van der Waals surface area (Å²) in [6.07, 6.45) is 1.75. The van der Waals surface area contributed by atoms with Crippen molar-refractivity contribution in [3.05, 3.63) is 96.7 Å². The number of nitrogens with two attached hydrogens (primary N) is 1. The monoisotopic (exact) mass is 574 g/mol. The van der Waals surface area contributed by atoms with Crippen molar-refractivity contribution in [2.45, 2.75) is 0 Å². The number of ether oxygens (including phenoxy) is 5. The van der Waals surface area contributed by atoms with Gasteiger partial charge < -0.3 is 34.7 Å². The number of hydrogen-bond acceptors (Lipinski definition) is 8. The van der Waals surface area contributed by atoms with Gasteiger partial charge in [0.15, 0.2) is 0 Å². The Morgan fingerprint density at radius 1 is 0.690 bits per heavy atom. The molecule has 3 aromatic carbocycles. The Morgan fingerprint density at radius 3 is 1.83 bits per heavy atom. The number of rotatable bonds is 19. The van der Waals surface area contributed by atoms with E-state index in [1.165, 1.54) is 0 Å². The number of nitrogens with one attached hydrogen (secondary N) is 1. The van der Waals surface area contributed by atoms with Gasteiger partial charge in [-0.2, -0.15) is 5.10 Å². The third-order valence-corrected chi connectivity index (χ3v) is 6.01. The van der Waals surface area contributed by atoms with Crippen LogP contribution in [0.2, 0.25) is 0 Å². The lowest BCUT2D eigenvalue weighted by Crippen LogP contribution is -2.15. The molecule has 0 saturated carbocycles. The summed E-state index contributed by atoms with van der Waals surface area (Å²) >= 11 is 0. The quantitative estimate of drug-likeness (QED) is 0.160. The van der Waals surface area contributed by atoms with Crippen molar-refractivity contribution in [3.8, 4) is 22.7 Å². The van der Waals surface area contributed by atoms with Crippen LogP contribution in [0, 0.1) is 0 Å². The van der Waals surface area contributed by atoms with E-state index in [2.05, 4.69) is 5.32 Å². The molecule has 0 spiro atoms. The van der Waals surface area contributed by atoms with Gasteiger partial charge in [-0.25, -0.2) is 4.68 Å². The third-order valence-electron chi connectivity index (χ3n) is 6.01. The molecule has 42 heavy (non-hydrogen) atoms. The van der Waals surface area contributed by atoms with Crippen LogP contribution in [0.15, 0.2) is 91.1 Å². The number of aromatic nitrogens is 2. The predicted octanol–water partition coefficient (Wildman–Crippen LogP) is 4.20. The van der Waals surface area contributed by atoms with Crippen LogP contribution < -0.4 is 15.8 Å². The molecule has 0 bridgehead atoms. The Bertz CT molecular complexity index is 1320. The molecule has 0 aliphatic carbocycles. The fraction of sp³-hybridized carbons (Fsp3) is 0.312. The SMILES string of the molecule is NCCOCCOCCOCCOCCOc1ccc(NC(=O)c2cn(-c3ccccc3)nc2-c2ccccc2)cc1. The summed E-state index contributed by atoms with van der Waals surface area (Å²) in [5, 5.41) is 7.69. The minimum Gasteiger partial charge on any atom is -0.491 e. The second-order valence-corrected chi connectivity index (χ2v) is 9.10. The van der Waals surface area contributed by atoms with Gasteiger partial charge in [0.2, 0.25) is 0 Å². The molecule has 1 amide bonds. The molecule has 0 fully saturated rings. The number of anilines is 1. The van der Waals surface area contributed by atoms with E-state index in [1.54, 1.807) is 23.0 Å². The van der Waals surface area contributed by atoms with Gasteiger partial charge >= 0.3 is 0 Å². The first-order valence-electron chi connectivity index (χ1n) is 14.0. The van der Waals surface area contributed by atoms with E-state index in [9.17, 15) is 4.79 Å². The summed E-state index contributed by atoms with van der Waals surface area (Å²) in [5.74, 6) is 0.436. The Morgan fingerprint density at radius 2 is 1.24 bits per heavy atom. The molecule has 3 N–H and O–H groups in total. The highest BCUT2D eigenvalue weighted by Crippen LogP contribution is 2.25. The molecule has 0 saturated heterocycles. The molecular weight excluding hydrogens is 536 g/mol. The highest BCUT2D eigenvalue weighted by Gasteiger charge is 2.19. The van der Waals surface area contributed by atoms with Crippen molar-refractivity contribution in [1.82, 2.24) is 9.78 Å². The first kappa shape index (κ1) is 30.9. The van der Waals surface area contributed by atoms with Crippen LogP contribution >= 0.6 is 0 Å². The van der Waals surface area contributed by atoms with Gasteiger partial charge in [-0.15, -0.1) is 0 Å². The molecule has 222 valence electrons. The van der Waals surface area contributed by atoms with Crippen molar-refractivity contribution < 1.29 is 28.5 Å². The van der Waals surface area contributed by atoms with E-state index in [4.69, 9.17) is 34.5 Å². The largest absolute Gasteiger partial charge is 0.491 e. The van der Waals surface area contributed by atoms with E-state index in [0.29, 0.717) is 88.7 Å². The maximum absolute atomic E-state index is 13.3. The minimum absolute atomic E-state index is 0.247. The van der Waals surface area contributed by atoms with Crippen molar-refractivity contribution in [2.75, 3.05) is 71.3 Å². The smallest absolute Gasteiger partial charge is 0.259 e. The number of nitrogens with zero attached hydrogens (tertiary/aromatic N) is 2. The normalized spacial score (nSPS) is 11.0. The summed E-state index contributed by atoms with van der Waals surface area (Å²) in [7, 11) is 0. The first-order chi connectivity index (χ1) is 20.7. The lowest BCUT2D eigenvalue weighted by atomic mass is 10.1. The zero-order valence-corrected chi connectivity index (χ0v) is 23.7. The van der Waals surface area contributed by atoms with Crippen LogP contribution in [0.1, 0.15) is 10.4 Å². The molecule has 1 heterocycles. The predicted molar refractivity (Wildman–Crippen MR) is 161 cm³/mol. The fourth-order valence-corrected chi connectivity index (χ4v) is 3.96. The second kappa shape index (κ2) is 17.7. The molecule has 0 atom stereocenters. The van der Waals surface area contributed by atoms with Crippen molar-refractivity contribution in [1.29, 1.82) is 0 Å². The van der Waals surface area contributed by atoms with Crippen molar-refractivity contribution >= 4 is 11.6 Å². The average Bonchev–Trinajstić information content (AvgIpc) is 3.49. The van der Waals surface area contributed by atoms with Gasteiger partial charge in [0.25, 0.3) is 5.91 Å². The molecule has 0 unspecified atom stereocenters. The first-order valence-corrected chi connectivity index (χ1v) is 14.0. The zero-order valence-electron chi connectivity index (χ0n) is 23.7. The summed E-state index contributed by atoms with van der Waals surface area (Å²) in [5.41, 5.74) is 8.83. The molecule has 0 aliphatic heterocycles. The molecule has 0 radical (unpaired) electrons. The maximum Gasteiger partial charge on any atom is 0.259 e. The molecule has 4 rings (SSSR count). The van der Waals surface area contributed by atoms with Gasteiger partial charge in [-0.05, 0) is 36.4 Å². The summed E-state index contributed by atoms with van der Waals surface area (Å²) in [6, 6.07) is 26.6. The van der Waals surface area contributed by atoms with Gasteiger partial charge in [-0.1, -0.05) is 48.5 Å². The van der Waals surface area contributed by atoms with Crippen LogP contribution in [-0.4, -0.2) is 81.7 Å². The number of amides is 1. The third kappa shape index (κ3) is 10.1. The Hall–Kier alpha value is -4.06. The summed E-state index contributed by atoms with van der Waals surface area (Å²) < 4.78 is 29.1. The molecule has 4 aromatic rings.